The van der Waals surface area contributed by atoms with Crippen LogP contribution in [0.3, 0.4) is 0 Å². The number of hydrogen-bond acceptors (Lipinski definition) is 4. The molecular weight excluding hydrogens is 266 g/mol. The second-order valence-electron chi connectivity index (χ2n) is 5.51. The Kier molecular flexibility index (Phi) is 5.37. The lowest BCUT2D eigenvalue weighted by Crippen LogP contribution is -2.12. The van der Waals surface area contributed by atoms with E-state index >= 15 is 0 Å². The lowest BCUT2D eigenvalue weighted by Gasteiger charge is -2.11. The summed E-state index contributed by atoms with van der Waals surface area (Å²) in [6, 6.07) is 5.81. The van der Waals surface area contributed by atoms with Crippen LogP contribution in [0.15, 0.2) is 18.2 Å². The molecule has 0 spiro atoms. The maximum atomic E-state index is 12.1. The number of Topliss-reactive ketones (excluding diaryl/α,β-unsaturated/α-hetero) is 1. The molecule has 1 aliphatic heterocycles. The van der Waals surface area contributed by atoms with Gasteiger partial charge >= 0.3 is 5.97 Å². The highest BCUT2D eigenvalue weighted by Gasteiger charge is 2.18. The zero-order chi connectivity index (χ0) is 15.2. The first-order chi connectivity index (χ1) is 10.1. The highest BCUT2D eigenvalue weighted by molar-refractivity contribution is 5.98. The molecule has 0 aromatic heterocycles. The molecule has 0 N–H and O–H groups in total. The molecule has 1 aliphatic rings. The molecule has 0 saturated carbocycles. The van der Waals surface area contributed by atoms with Crippen LogP contribution >= 0.6 is 0 Å². The van der Waals surface area contributed by atoms with Crippen molar-refractivity contribution in [3.8, 4) is 0 Å². The summed E-state index contributed by atoms with van der Waals surface area (Å²) in [6.45, 7) is 3.49. The quantitative estimate of drug-likeness (QED) is 0.440. The molecule has 0 bridgehead atoms. The number of carbonyl (C=O) groups excluding carboxylic acids is 2. The fourth-order valence-electron chi connectivity index (χ4n) is 2.50. The van der Waals surface area contributed by atoms with E-state index in [1.54, 1.807) is 0 Å². The predicted octanol–water partition coefficient (Wildman–Crippen LogP) is 2.99. The molecule has 0 saturated heterocycles. The summed E-state index contributed by atoms with van der Waals surface area (Å²) in [4.78, 5) is 25.8. The topological polar surface area (TPSA) is 46.6 Å². The number of fused-ring (bicyclic) bond motifs is 1. The molecule has 0 atom stereocenters. The Hall–Kier alpha value is -1.84. The van der Waals surface area contributed by atoms with Gasteiger partial charge in [-0.15, -0.1) is 0 Å². The highest BCUT2D eigenvalue weighted by atomic mass is 16.5. The fraction of sp³-hybridized carbons (Fsp3) is 0.529. The van der Waals surface area contributed by atoms with Gasteiger partial charge in [0.05, 0.1) is 13.0 Å². The summed E-state index contributed by atoms with van der Waals surface area (Å²) < 4.78 is 5.06. The molecule has 0 radical (unpaired) electrons. The van der Waals surface area contributed by atoms with E-state index in [0.717, 1.165) is 25.8 Å². The van der Waals surface area contributed by atoms with Gasteiger partial charge in [-0.2, -0.15) is 0 Å². The second-order valence-corrected chi connectivity index (χ2v) is 5.51. The van der Waals surface area contributed by atoms with Crippen LogP contribution in [0.5, 0.6) is 0 Å². The Labute approximate surface area is 126 Å². The maximum absolute atomic E-state index is 12.1. The molecule has 4 nitrogen and oxygen atoms in total. The largest absolute Gasteiger partial charge is 0.466 e. The van der Waals surface area contributed by atoms with Crippen molar-refractivity contribution >= 4 is 17.4 Å². The summed E-state index contributed by atoms with van der Waals surface area (Å²) in [7, 11) is 2.06. The fourth-order valence-corrected chi connectivity index (χ4v) is 2.50. The number of hydrogen-bond donors (Lipinski definition) is 0. The number of ether oxygens (including phenoxy) is 1. The predicted molar refractivity (Wildman–Crippen MR) is 82.8 cm³/mol. The van der Waals surface area contributed by atoms with Gasteiger partial charge in [0.25, 0.3) is 0 Å². The first-order valence-electron chi connectivity index (χ1n) is 7.64. The van der Waals surface area contributed by atoms with Crippen LogP contribution in [-0.2, 0) is 16.0 Å². The molecule has 1 aromatic carbocycles. The van der Waals surface area contributed by atoms with Crippen LogP contribution in [0.1, 0.15) is 48.5 Å². The highest BCUT2D eigenvalue weighted by Crippen LogP contribution is 2.27. The molecule has 4 heteroatoms. The zero-order valence-electron chi connectivity index (χ0n) is 12.9. The van der Waals surface area contributed by atoms with Gasteiger partial charge < -0.3 is 9.64 Å². The number of rotatable bonds is 7. The Bertz CT molecular complexity index is 525. The number of anilines is 1. The third-order valence-corrected chi connectivity index (χ3v) is 3.85. The van der Waals surface area contributed by atoms with E-state index in [-0.39, 0.29) is 24.6 Å². The molecule has 114 valence electrons. The monoisotopic (exact) mass is 289 g/mol. The van der Waals surface area contributed by atoms with E-state index in [1.165, 1.54) is 11.3 Å². The SMILES string of the molecule is CCCCOC(=O)CCC(=O)c1ccc2c(c1)CCN2C. The van der Waals surface area contributed by atoms with Crippen molar-refractivity contribution in [3.05, 3.63) is 29.3 Å². The van der Waals surface area contributed by atoms with Gasteiger partial charge in [-0.25, -0.2) is 0 Å². The van der Waals surface area contributed by atoms with Gasteiger partial charge in [-0.3, -0.25) is 9.59 Å². The van der Waals surface area contributed by atoms with Crippen molar-refractivity contribution < 1.29 is 14.3 Å². The molecule has 1 heterocycles. The molecule has 0 aliphatic carbocycles. The number of likely N-dealkylation sites (N-methyl/N-ethyl adjacent to an activating group) is 1. The van der Waals surface area contributed by atoms with Crippen LogP contribution < -0.4 is 4.90 Å². The number of nitrogens with zero attached hydrogens (tertiary/aromatic N) is 1. The van der Waals surface area contributed by atoms with Gasteiger partial charge in [0, 0.05) is 31.3 Å². The van der Waals surface area contributed by atoms with Crippen molar-refractivity contribution in [3.63, 3.8) is 0 Å². The minimum atomic E-state index is -0.280. The standard InChI is InChI=1S/C17H23NO3/c1-3-4-11-21-17(20)8-7-16(19)14-5-6-15-13(12-14)9-10-18(15)2/h5-6,12H,3-4,7-11H2,1-2H3. The van der Waals surface area contributed by atoms with Crippen LogP contribution in [0.4, 0.5) is 5.69 Å². The zero-order valence-corrected chi connectivity index (χ0v) is 12.9. The first kappa shape index (κ1) is 15.5. The number of esters is 1. The van der Waals surface area contributed by atoms with Gasteiger partial charge in [0.1, 0.15) is 0 Å². The molecular formula is C17H23NO3. The lowest BCUT2D eigenvalue weighted by molar-refractivity contribution is -0.143. The average Bonchev–Trinajstić information content (AvgIpc) is 2.86. The maximum Gasteiger partial charge on any atom is 0.306 e. The van der Waals surface area contributed by atoms with Gasteiger partial charge in [0.2, 0.25) is 0 Å². The Balaban J connectivity index is 1.85. The first-order valence-corrected chi connectivity index (χ1v) is 7.64. The smallest absolute Gasteiger partial charge is 0.306 e. The van der Waals surface area contributed by atoms with Crippen LogP contribution in [0.2, 0.25) is 0 Å². The molecule has 0 amide bonds. The van der Waals surface area contributed by atoms with Gasteiger partial charge in [-0.05, 0) is 36.6 Å². The third-order valence-electron chi connectivity index (χ3n) is 3.85. The summed E-state index contributed by atoms with van der Waals surface area (Å²) in [5, 5.41) is 0. The van der Waals surface area contributed by atoms with Gasteiger partial charge in [-0.1, -0.05) is 13.3 Å². The number of ketones is 1. The van der Waals surface area contributed by atoms with Crippen molar-refractivity contribution in [2.45, 2.75) is 39.0 Å². The number of benzene rings is 1. The summed E-state index contributed by atoms with van der Waals surface area (Å²) in [5.41, 5.74) is 3.12. The second kappa shape index (κ2) is 7.25. The van der Waals surface area contributed by atoms with Crippen LogP contribution in [-0.4, -0.2) is 32.0 Å². The molecule has 21 heavy (non-hydrogen) atoms. The molecule has 0 unspecified atom stereocenters. The minimum absolute atomic E-state index is 0.0137. The molecule has 0 fully saturated rings. The van der Waals surface area contributed by atoms with Crippen LogP contribution in [0.25, 0.3) is 0 Å². The Morgan fingerprint density at radius 2 is 2.10 bits per heavy atom. The van der Waals surface area contributed by atoms with Crippen molar-refractivity contribution in [2.75, 3.05) is 25.1 Å². The van der Waals surface area contributed by atoms with Crippen molar-refractivity contribution in [1.82, 2.24) is 0 Å². The Morgan fingerprint density at radius 3 is 2.86 bits per heavy atom. The summed E-state index contributed by atoms with van der Waals surface area (Å²) >= 11 is 0. The number of carbonyl (C=O) groups is 2. The minimum Gasteiger partial charge on any atom is -0.466 e. The summed E-state index contributed by atoms with van der Waals surface area (Å²) in [5.74, 6) is -0.266. The van der Waals surface area contributed by atoms with E-state index < -0.39 is 0 Å². The summed E-state index contributed by atoms with van der Waals surface area (Å²) in [6.07, 6.45) is 3.24. The van der Waals surface area contributed by atoms with Gasteiger partial charge in [0.15, 0.2) is 5.78 Å². The van der Waals surface area contributed by atoms with E-state index in [4.69, 9.17) is 4.74 Å². The van der Waals surface area contributed by atoms with E-state index in [1.807, 2.05) is 25.1 Å². The number of unbranched alkanes of at least 4 members (excludes halogenated alkanes) is 1. The lowest BCUT2D eigenvalue weighted by atomic mass is 10.0. The van der Waals surface area contributed by atoms with Crippen molar-refractivity contribution in [2.24, 2.45) is 0 Å². The average molecular weight is 289 g/mol. The Morgan fingerprint density at radius 1 is 1.29 bits per heavy atom. The van der Waals surface area contributed by atoms with Crippen molar-refractivity contribution in [1.29, 1.82) is 0 Å². The van der Waals surface area contributed by atoms with E-state index in [9.17, 15) is 9.59 Å². The normalized spacial score (nSPS) is 13.1. The molecule has 2 rings (SSSR count). The van der Waals surface area contributed by atoms with E-state index in [2.05, 4.69) is 11.9 Å². The van der Waals surface area contributed by atoms with E-state index in [0.29, 0.717) is 12.2 Å². The van der Waals surface area contributed by atoms with Crippen LogP contribution in [0, 0.1) is 0 Å². The molecule has 1 aromatic rings. The third kappa shape index (κ3) is 4.06.